The first kappa shape index (κ1) is 12.7. The average Bonchev–Trinajstić information content (AvgIpc) is 2.59. The van der Waals surface area contributed by atoms with Crippen molar-refractivity contribution in [3.8, 4) is 0 Å². The van der Waals surface area contributed by atoms with Crippen molar-refractivity contribution in [3.05, 3.63) is 33.9 Å². The number of hydrogen-bond acceptors (Lipinski definition) is 2. The van der Waals surface area contributed by atoms with Gasteiger partial charge in [0.15, 0.2) is 5.65 Å². The largest absolute Gasteiger partial charge is 0.451 e. The van der Waals surface area contributed by atoms with E-state index in [4.69, 9.17) is 0 Å². The van der Waals surface area contributed by atoms with Gasteiger partial charge in [-0.15, -0.1) is 0 Å². The number of rotatable bonds is 2. The lowest BCUT2D eigenvalue weighted by atomic mass is 10.0. The van der Waals surface area contributed by atoms with E-state index in [1.807, 2.05) is 18.9 Å². The summed E-state index contributed by atoms with van der Waals surface area (Å²) in [7, 11) is 0. The highest BCUT2D eigenvalue weighted by atomic mass is 19.4. The summed E-state index contributed by atoms with van der Waals surface area (Å²) in [5, 5.41) is 1.95. The first-order valence-electron chi connectivity index (χ1n) is 5.46. The van der Waals surface area contributed by atoms with Crippen LogP contribution in [-0.2, 0) is 12.6 Å². The summed E-state index contributed by atoms with van der Waals surface area (Å²) < 4.78 is 38.2. The fourth-order valence-corrected chi connectivity index (χ4v) is 1.76. The van der Waals surface area contributed by atoms with Crippen LogP contribution >= 0.6 is 0 Å². The van der Waals surface area contributed by atoms with Gasteiger partial charge >= 0.3 is 6.18 Å². The molecular formula is C11H12F3N3O. The highest BCUT2D eigenvalue weighted by Gasteiger charge is 2.35. The van der Waals surface area contributed by atoms with Crippen molar-refractivity contribution in [2.75, 3.05) is 0 Å². The van der Waals surface area contributed by atoms with Crippen molar-refractivity contribution in [1.29, 1.82) is 0 Å². The van der Waals surface area contributed by atoms with Crippen molar-refractivity contribution >= 4 is 5.65 Å². The minimum absolute atomic E-state index is 0.00882. The minimum Gasteiger partial charge on any atom is -0.269 e. The summed E-state index contributed by atoms with van der Waals surface area (Å²) >= 11 is 0. The Morgan fingerprint density at radius 2 is 2.06 bits per heavy atom. The molecule has 0 spiro atoms. The number of halogens is 3. The lowest BCUT2D eigenvalue weighted by Crippen LogP contribution is -2.15. The number of pyridine rings is 1. The van der Waals surface area contributed by atoms with E-state index in [0.717, 1.165) is 4.52 Å². The Balaban J connectivity index is 2.56. The van der Waals surface area contributed by atoms with Gasteiger partial charge in [0.2, 0.25) is 5.82 Å². The number of nitrogens with zero attached hydrogens (tertiary/aromatic N) is 2. The molecule has 2 aromatic heterocycles. The fourth-order valence-electron chi connectivity index (χ4n) is 1.76. The molecule has 2 rings (SSSR count). The molecule has 0 saturated carbocycles. The normalized spacial score (nSPS) is 12.6. The van der Waals surface area contributed by atoms with E-state index in [0.29, 0.717) is 17.9 Å². The standard InChI is InChI=1S/C11H12F3N3O/c1-6(2)3-7-4-8-15-10(11(12,13)14)16-17(8)9(18)5-7/h4-6H,3H2,1-2H3,(H,15,16). The molecule has 0 atom stereocenters. The molecule has 0 saturated heterocycles. The molecule has 0 aliphatic carbocycles. The maximum Gasteiger partial charge on any atom is 0.451 e. The second-order valence-electron chi connectivity index (χ2n) is 4.56. The van der Waals surface area contributed by atoms with E-state index >= 15 is 0 Å². The number of aromatic nitrogens is 3. The molecule has 98 valence electrons. The van der Waals surface area contributed by atoms with E-state index in [2.05, 4.69) is 4.98 Å². The summed E-state index contributed by atoms with van der Waals surface area (Å²) in [6.45, 7) is 3.93. The molecule has 0 aliphatic rings. The molecule has 0 fully saturated rings. The van der Waals surface area contributed by atoms with Gasteiger partial charge in [-0.1, -0.05) is 13.8 Å². The Morgan fingerprint density at radius 3 is 2.61 bits per heavy atom. The number of nitrogens with one attached hydrogen (secondary N) is 1. The molecule has 0 radical (unpaired) electrons. The maximum absolute atomic E-state index is 12.5. The lowest BCUT2D eigenvalue weighted by Gasteiger charge is -2.03. The third kappa shape index (κ3) is 2.39. The van der Waals surface area contributed by atoms with Gasteiger partial charge in [0.25, 0.3) is 5.56 Å². The van der Waals surface area contributed by atoms with E-state index in [-0.39, 0.29) is 5.65 Å². The number of hydrogen-bond donors (Lipinski definition) is 1. The van der Waals surface area contributed by atoms with Gasteiger partial charge in [0, 0.05) is 6.07 Å². The zero-order valence-electron chi connectivity index (χ0n) is 9.88. The topological polar surface area (TPSA) is 50.2 Å². The van der Waals surface area contributed by atoms with Crippen molar-refractivity contribution in [1.82, 2.24) is 14.6 Å². The van der Waals surface area contributed by atoms with Crippen LogP contribution in [0.4, 0.5) is 13.2 Å². The van der Waals surface area contributed by atoms with Crippen LogP contribution < -0.4 is 5.56 Å². The molecule has 4 nitrogen and oxygen atoms in total. The quantitative estimate of drug-likeness (QED) is 0.899. The third-order valence-corrected chi connectivity index (χ3v) is 2.43. The van der Waals surface area contributed by atoms with E-state index < -0.39 is 17.6 Å². The van der Waals surface area contributed by atoms with E-state index in [1.165, 1.54) is 12.1 Å². The van der Waals surface area contributed by atoms with Crippen LogP contribution in [0.15, 0.2) is 16.9 Å². The first-order chi connectivity index (χ1) is 8.27. The predicted octanol–water partition coefficient (Wildman–Crippen LogP) is 2.24. The molecule has 7 heteroatoms. The zero-order valence-corrected chi connectivity index (χ0v) is 9.88. The Morgan fingerprint density at radius 1 is 1.39 bits per heavy atom. The molecule has 0 unspecified atom stereocenters. The molecule has 0 amide bonds. The Bertz CT molecular complexity index is 624. The van der Waals surface area contributed by atoms with Crippen molar-refractivity contribution in [3.63, 3.8) is 0 Å². The molecule has 2 heterocycles. The zero-order chi connectivity index (χ0) is 13.5. The van der Waals surface area contributed by atoms with Crippen LogP contribution in [0, 0.1) is 5.92 Å². The summed E-state index contributed by atoms with van der Waals surface area (Å²) in [5.74, 6) is -0.853. The van der Waals surface area contributed by atoms with Gasteiger partial charge in [0.1, 0.15) is 0 Å². The number of alkyl halides is 3. The molecule has 0 bridgehead atoms. The monoisotopic (exact) mass is 259 g/mol. The van der Waals surface area contributed by atoms with Gasteiger partial charge < -0.3 is 0 Å². The SMILES string of the molecule is CC(C)Cc1cc(=O)n2[nH]c(C(F)(F)F)nc2c1. The molecule has 18 heavy (non-hydrogen) atoms. The minimum atomic E-state index is -4.59. The van der Waals surface area contributed by atoms with Crippen LogP contribution in [0.5, 0.6) is 0 Å². The summed E-state index contributed by atoms with van der Waals surface area (Å²) in [6.07, 6.45) is -3.96. The molecule has 0 aliphatic heterocycles. The Labute approximate surface area is 100 Å². The summed E-state index contributed by atoms with van der Waals surface area (Å²) in [6, 6.07) is 2.82. The van der Waals surface area contributed by atoms with Crippen LogP contribution in [0.3, 0.4) is 0 Å². The fraction of sp³-hybridized carbons (Fsp3) is 0.455. The average molecular weight is 259 g/mol. The van der Waals surface area contributed by atoms with Crippen molar-refractivity contribution in [2.45, 2.75) is 26.4 Å². The van der Waals surface area contributed by atoms with E-state index in [9.17, 15) is 18.0 Å². The first-order valence-corrected chi connectivity index (χ1v) is 5.46. The smallest absolute Gasteiger partial charge is 0.269 e. The van der Waals surface area contributed by atoms with Crippen LogP contribution in [0.1, 0.15) is 25.2 Å². The molecular weight excluding hydrogens is 247 g/mol. The van der Waals surface area contributed by atoms with E-state index in [1.54, 1.807) is 0 Å². The summed E-state index contributed by atoms with van der Waals surface area (Å²) in [5.41, 5.74) is 0.145. The van der Waals surface area contributed by atoms with Gasteiger partial charge in [-0.3, -0.25) is 9.89 Å². The van der Waals surface area contributed by atoms with Crippen molar-refractivity contribution in [2.24, 2.45) is 5.92 Å². The Kier molecular flexibility index (Phi) is 2.92. The molecule has 1 N–H and O–H groups in total. The number of H-pyrrole nitrogens is 1. The van der Waals surface area contributed by atoms with Gasteiger partial charge in [-0.05, 0) is 24.0 Å². The van der Waals surface area contributed by atoms with Crippen LogP contribution in [0.2, 0.25) is 0 Å². The lowest BCUT2D eigenvalue weighted by molar-refractivity contribution is -0.144. The van der Waals surface area contributed by atoms with Gasteiger partial charge in [0.05, 0.1) is 0 Å². The number of fused-ring (bicyclic) bond motifs is 1. The highest BCUT2D eigenvalue weighted by molar-refractivity contribution is 5.41. The second-order valence-corrected chi connectivity index (χ2v) is 4.56. The van der Waals surface area contributed by atoms with Crippen molar-refractivity contribution < 1.29 is 13.2 Å². The van der Waals surface area contributed by atoms with Gasteiger partial charge in [-0.25, -0.2) is 4.98 Å². The molecule has 2 aromatic rings. The Hall–Kier alpha value is -1.79. The molecule has 0 aromatic carbocycles. The summed E-state index contributed by atoms with van der Waals surface area (Å²) in [4.78, 5) is 15.0. The van der Waals surface area contributed by atoms with Crippen LogP contribution in [0.25, 0.3) is 5.65 Å². The second kappa shape index (κ2) is 4.15. The van der Waals surface area contributed by atoms with Gasteiger partial charge in [-0.2, -0.15) is 17.7 Å². The third-order valence-electron chi connectivity index (χ3n) is 2.43. The number of aromatic amines is 1. The maximum atomic E-state index is 12.5. The van der Waals surface area contributed by atoms with Crippen LogP contribution in [-0.4, -0.2) is 14.6 Å². The highest BCUT2D eigenvalue weighted by Crippen LogP contribution is 2.26. The predicted molar refractivity (Wildman–Crippen MR) is 59.4 cm³/mol.